The summed E-state index contributed by atoms with van der Waals surface area (Å²) in [6, 6.07) is 6.66. The van der Waals surface area contributed by atoms with Gasteiger partial charge in [-0.1, -0.05) is 6.07 Å². The van der Waals surface area contributed by atoms with Gasteiger partial charge in [0.05, 0.1) is 11.4 Å². The molecule has 96 valence electrons. The summed E-state index contributed by atoms with van der Waals surface area (Å²) in [4.78, 5) is 6.87. The molecule has 0 fully saturated rings. The molecule has 0 spiro atoms. The molecule has 0 aliphatic rings. The molecule has 0 amide bonds. The molecule has 0 aliphatic carbocycles. The highest BCUT2D eigenvalue weighted by molar-refractivity contribution is 7.98. The minimum absolute atomic E-state index is 0.513. The number of nitrogens with zero attached hydrogens (tertiary/aromatic N) is 2. The first-order chi connectivity index (χ1) is 8.17. The van der Waals surface area contributed by atoms with Crippen LogP contribution in [-0.2, 0) is 13.1 Å². The van der Waals surface area contributed by atoms with Crippen LogP contribution >= 0.6 is 11.8 Å². The predicted molar refractivity (Wildman–Crippen MR) is 76.1 cm³/mol. The molecule has 0 bridgehead atoms. The van der Waals surface area contributed by atoms with Crippen LogP contribution < -0.4 is 5.73 Å². The van der Waals surface area contributed by atoms with E-state index in [-0.39, 0.29) is 0 Å². The lowest BCUT2D eigenvalue weighted by atomic mass is 10.2. The maximum Gasteiger partial charge on any atom is 0.0547 e. The Bertz CT molecular complexity index is 330. The van der Waals surface area contributed by atoms with Crippen LogP contribution in [0.5, 0.6) is 0 Å². The molecule has 1 rings (SSSR count). The molecule has 0 saturated heterocycles. The van der Waals surface area contributed by atoms with Gasteiger partial charge in [0.1, 0.15) is 0 Å². The van der Waals surface area contributed by atoms with Gasteiger partial charge in [-0.3, -0.25) is 9.88 Å². The van der Waals surface area contributed by atoms with Crippen molar-refractivity contribution in [1.82, 2.24) is 9.88 Å². The summed E-state index contributed by atoms with van der Waals surface area (Å²) in [5.74, 6) is 1.21. The third-order valence-electron chi connectivity index (χ3n) is 2.98. The lowest BCUT2D eigenvalue weighted by molar-refractivity contribution is 0.242. The molecule has 0 saturated carbocycles. The second kappa shape index (κ2) is 7.69. The molecular formula is C13H23N3S. The monoisotopic (exact) mass is 253 g/mol. The average molecular weight is 253 g/mol. The lowest BCUT2D eigenvalue weighted by Crippen LogP contribution is -2.29. The van der Waals surface area contributed by atoms with E-state index in [9.17, 15) is 0 Å². The lowest BCUT2D eigenvalue weighted by Gasteiger charge is -2.24. The van der Waals surface area contributed by atoms with Crippen LogP contribution in [0.2, 0.25) is 0 Å². The molecule has 1 atom stereocenters. The van der Waals surface area contributed by atoms with E-state index in [1.807, 2.05) is 23.9 Å². The molecule has 1 heterocycles. The Morgan fingerprint density at radius 1 is 1.41 bits per heavy atom. The van der Waals surface area contributed by atoms with Crippen molar-refractivity contribution in [1.29, 1.82) is 0 Å². The average Bonchev–Trinajstić information content (AvgIpc) is 2.36. The van der Waals surface area contributed by atoms with Crippen LogP contribution in [0, 0.1) is 0 Å². The van der Waals surface area contributed by atoms with Crippen LogP contribution in [0.15, 0.2) is 18.2 Å². The summed E-state index contributed by atoms with van der Waals surface area (Å²) < 4.78 is 0. The van der Waals surface area contributed by atoms with Gasteiger partial charge in [-0.15, -0.1) is 0 Å². The Hall–Kier alpha value is -0.580. The first kappa shape index (κ1) is 14.5. The third-order valence-corrected chi connectivity index (χ3v) is 3.62. The summed E-state index contributed by atoms with van der Waals surface area (Å²) in [6.45, 7) is 3.67. The molecule has 3 nitrogen and oxygen atoms in total. The van der Waals surface area contributed by atoms with E-state index in [1.165, 1.54) is 12.2 Å². The Labute approximate surface area is 109 Å². The molecule has 1 aromatic heterocycles. The van der Waals surface area contributed by atoms with Crippen molar-refractivity contribution in [2.24, 2.45) is 5.73 Å². The molecule has 0 radical (unpaired) electrons. The van der Waals surface area contributed by atoms with Gasteiger partial charge in [0.25, 0.3) is 0 Å². The molecule has 4 heteroatoms. The first-order valence-corrected chi connectivity index (χ1v) is 7.40. The van der Waals surface area contributed by atoms with Gasteiger partial charge in [-0.05, 0) is 44.5 Å². The minimum atomic E-state index is 0.513. The van der Waals surface area contributed by atoms with Crippen molar-refractivity contribution in [3.8, 4) is 0 Å². The van der Waals surface area contributed by atoms with Crippen LogP contribution in [0.25, 0.3) is 0 Å². The summed E-state index contributed by atoms with van der Waals surface area (Å²) >= 11 is 1.90. The molecule has 2 N–H and O–H groups in total. The molecular weight excluding hydrogens is 230 g/mol. The SMILES string of the molecule is CSCCC(C)N(C)Cc1cccc(CN)n1. The number of hydrogen-bond acceptors (Lipinski definition) is 4. The molecule has 1 aromatic rings. The van der Waals surface area contributed by atoms with Crippen molar-refractivity contribution in [3.05, 3.63) is 29.6 Å². The van der Waals surface area contributed by atoms with Crippen LogP contribution in [-0.4, -0.2) is 35.0 Å². The topological polar surface area (TPSA) is 42.1 Å². The maximum absolute atomic E-state index is 5.60. The number of hydrogen-bond donors (Lipinski definition) is 1. The van der Waals surface area contributed by atoms with E-state index in [2.05, 4.69) is 36.2 Å². The van der Waals surface area contributed by atoms with E-state index in [0.29, 0.717) is 12.6 Å². The van der Waals surface area contributed by atoms with Crippen molar-refractivity contribution >= 4 is 11.8 Å². The summed E-state index contributed by atoms with van der Waals surface area (Å²) in [5, 5.41) is 0. The van der Waals surface area contributed by atoms with E-state index in [0.717, 1.165) is 17.9 Å². The number of rotatable bonds is 7. The fraction of sp³-hybridized carbons (Fsp3) is 0.615. The number of thioether (sulfide) groups is 1. The maximum atomic E-state index is 5.60. The fourth-order valence-electron chi connectivity index (χ4n) is 1.65. The normalized spacial score (nSPS) is 13.0. The van der Waals surface area contributed by atoms with Gasteiger partial charge in [0, 0.05) is 19.1 Å². The number of aromatic nitrogens is 1. The standard InChI is InChI=1S/C13H23N3S/c1-11(7-8-17-3)16(2)10-13-6-4-5-12(9-14)15-13/h4-6,11H,7-10,14H2,1-3H3. The van der Waals surface area contributed by atoms with Crippen molar-refractivity contribution in [3.63, 3.8) is 0 Å². The van der Waals surface area contributed by atoms with Gasteiger partial charge in [-0.25, -0.2) is 0 Å². The number of nitrogens with two attached hydrogens (primary N) is 1. The Kier molecular flexibility index (Phi) is 6.55. The van der Waals surface area contributed by atoms with E-state index >= 15 is 0 Å². The van der Waals surface area contributed by atoms with Gasteiger partial charge >= 0.3 is 0 Å². The smallest absolute Gasteiger partial charge is 0.0547 e. The van der Waals surface area contributed by atoms with Gasteiger partial charge < -0.3 is 5.73 Å². The second-order valence-corrected chi connectivity index (χ2v) is 5.36. The van der Waals surface area contributed by atoms with E-state index in [1.54, 1.807) is 0 Å². The molecule has 0 aliphatic heterocycles. The highest BCUT2D eigenvalue weighted by atomic mass is 32.2. The zero-order valence-electron chi connectivity index (χ0n) is 11.0. The largest absolute Gasteiger partial charge is 0.325 e. The second-order valence-electron chi connectivity index (χ2n) is 4.37. The Morgan fingerprint density at radius 2 is 2.12 bits per heavy atom. The first-order valence-electron chi connectivity index (χ1n) is 6.01. The van der Waals surface area contributed by atoms with Crippen LogP contribution in [0.3, 0.4) is 0 Å². The van der Waals surface area contributed by atoms with Crippen molar-refractivity contribution in [2.45, 2.75) is 32.5 Å². The highest BCUT2D eigenvalue weighted by Crippen LogP contribution is 2.09. The summed E-state index contributed by atoms with van der Waals surface area (Å²) in [5.41, 5.74) is 7.66. The molecule has 1 unspecified atom stereocenters. The van der Waals surface area contributed by atoms with E-state index in [4.69, 9.17) is 5.73 Å². The van der Waals surface area contributed by atoms with Crippen molar-refractivity contribution < 1.29 is 0 Å². The minimum Gasteiger partial charge on any atom is -0.325 e. The summed E-state index contributed by atoms with van der Waals surface area (Å²) in [6.07, 6.45) is 3.37. The predicted octanol–water partition coefficient (Wildman–Crippen LogP) is 2.11. The summed E-state index contributed by atoms with van der Waals surface area (Å²) in [7, 11) is 2.15. The van der Waals surface area contributed by atoms with Gasteiger partial charge in [0.15, 0.2) is 0 Å². The van der Waals surface area contributed by atoms with Gasteiger partial charge in [0.2, 0.25) is 0 Å². The molecule has 0 aromatic carbocycles. The highest BCUT2D eigenvalue weighted by Gasteiger charge is 2.09. The van der Waals surface area contributed by atoms with Crippen LogP contribution in [0.1, 0.15) is 24.7 Å². The Morgan fingerprint density at radius 3 is 2.76 bits per heavy atom. The third kappa shape index (κ3) is 5.06. The Balaban J connectivity index is 2.51. The fourth-order valence-corrected chi connectivity index (χ4v) is 2.23. The zero-order chi connectivity index (χ0) is 12.7. The van der Waals surface area contributed by atoms with Crippen molar-refractivity contribution in [2.75, 3.05) is 19.1 Å². The quantitative estimate of drug-likeness (QED) is 0.808. The molecule has 17 heavy (non-hydrogen) atoms. The zero-order valence-corrected chi connectivity index (χ0v) is 11.8. The van der Waals surface area contributed by atoms with E-state index < -0.39 is 0 Å². The van der Waals surface area contributed by atoms with Crippen LogP contribution in [0.4, 0.5) is 0 Å². The van der Waals surface area contributed by atoms with Gasteiger partial charge in [-0.2, -0.15) is 11.8 Å². The number of pyridine rings is 1.